The van der Waals surface area contributed by atoms with Gasteiger partial charge in [0.25, 0.3) is 0 Å². The van der Waals surface area contributed by atoms with Gasteiger partial charge < -0.3 is 5.32 Å². The van der Waals surface area contributed by atoms with Gasteiger partial charge in [0, 0.05) is 18.6 Å². The third-order valence-electron chi connectivity index (χ3n) is 2.04. The maximum absolute atomic E-state index is 4.23. The van der Waals surface area contributed by atoms with Crippen LogP contribution in [0.2, 0.25) is 0 Å². The molecule has 0 atom stereocenters. The van der Waals surface area contributed by atoms with Gasteiger partial charge in [0.05, 0.1) is 22.0 Å². The standard InChI is InChI=1S/C9H6N4/c1-3-10-5-8-9-6(1)12-13-7(9)2-4-11-8/h1-5,10H. The number of nitrogens with one attached hydrogen (secondary N) is 1. The van der Waals surface area contributed by atoms with Gasteiger partial charge in [-0.3, -0.25) is 4.98 Å². The molecule has 4 nitrogen and oxygen atoms in total. The Balaban J connectivity index is 2.59. The highest BCUT2D eigenvalue weighted by atomic mass is 15.1. The lowest BCUT2D eigenvalue weighted by molar-refractivity contribution is 1.17. The van der Waals surface area contributed by atoms with E-state index in [1.165, 1.54) is 0 Å². The van der Waals surface area contributed by atoms with E-state index in [1.54, 1.807) is 6.20 Å². The Bertz CT molecular complexity index is 539. The summed E-state index contributed by atoms with van der Waals surface area (Å²) < 4.78 is 0. The Morgan fingerprint density at radius 3 is 3.23 bits per heavy atom. The number of aromatic nitrogens is 1. The van der Waals surface area contributed by atoms with Gasteiger partial charge in [-0.2, -0.15) is 0 Å². The average molecular weight is 170 g/mol. The van der Waals surface area contributed by atoms with E-state index in [-0.39, 0.29) is 0 Å². The summed E-state index contributed by atoms with van der Waals surface area (Å²) in [7, 11) is 0. The van der Waals surface area contributed by atoms with Gasteiger partial charge in [-0.25, -0.2) is 0 Å². The largest absolute Gasteiger partial charge is 0.366 e. The van der Waals surface area contributed by atoms with Crippen LogP contribution in [0.3, 0.4) is 0 Å². The van der Waals surface area contributed by atoms with Crippen molar-refractivity contribution in [1.82, 2.24) is 10.3 Å². The van der Waals surface area contributed by atoms with Gasteiger partial charge in [0.1, 0.15) is 0 Å². The van der Waals surface area contributed by atoms with E-state index in [1.807, 2.05) is 24.5 Å². The van der Waals surface area contributed by atoms with Crippen molar-refractivity contribution >= 4 is 17.6 Å². The van der Waals surface area contributed by atoms with Crippen molar-refractivity contribution in [1.29, 1.82) is 0 Å². The second kappa shape index (κ2) is 2.26. The van der Waals surface area contributed by atoms with E-state index < -0.39 is 0 Å². The second-order valence-electron chi connectivity index (χ2n) is 2.82. The minimum Gasteiger partial charge on any atom is -0.366 e. The van der Waals surface area contributed by atoms with Crippen molar-refractivity contribution < 1.29 is 0 Å². The van der Waals surface area contributed by atoms with E-state index in [0.717, 1.165) is 22.0 Å². The van der Waals surface area contributed by atoms with Crippen LogP contribution in [0.15, 0.2) is 34.8 Å². The molecule has 1 aromatic heterocycles. The summed E-state index contributed by atoms with van der Waals surface area (Å²) in [6, 6.07) is 1.86. The first-order valence-electron chi connectivity index (χ1n) is 3.99. The van der Waals surface area contributed by atoms with E-state index >= 15 is 0 Å². The number of rotatable bonds is 0. The van der Waals surface area contributed by atoms with Crippen molar-refractivity contribution in [3.8, 4) is 0 Å². The highest BCUT2D eigenvalue weighted by molar-refractivity contribution is 5.65. The zero-order valence-corrected chi connectivity index (χ0v) is 6.73. The molecular formula is C9H6N4. The lowest BCUT2D eigenvalue weighted by Gasteiger charge is -1.89. The van der Waals surface area contributed by atoms with Crippen LogP contribution in [-0.4, -0.2) is 4.98 Å². The molecular weight excluding hydrogens is 164 g/mol. The van der Waals surface area contributed by atoms with Gasteiger partial charge in [0.2, 0.25) is 0 Å². The van der Waals surface area contributed by atoms with Crippen molar-refractivity contribution in [2.75, 3.05) is 0 Å². The third kappa shape index (κ3) is 0.823. The molecule has 13 heavy (non-hydrogen) atoms. The third-order valence-corrected chi connectivity index (χ3v) is 2.04. The van der Waals surface area contributed by atoms with E-state index in [4.69, 9.17) is 0 Å². The normalized spacial score (nSPS) is 16.2. The molecule has 3 rings (SSSR count). The van der Waals surface area contributed by atoms with E-state index in [0.29, 0.717) is 0 Å². The van der Waals surface area contributed by atoms with Crippen molar-refractivity contribution in [2.45, 2.75) is 0 Å². The number of nitrogens with zero attached hydrogens (tertiary/aromatic N) is 3. The summed E-state index contributed by atoms with van der Waals surface area (Å²) in [5, 5.41) is 13.0. The molecule has 0 aromatic carbocycles. The first kappa shape index (κ1) is 6.54. The quantitative estimate of drug-likeness (QED) is 0.602. The van der Waals surface area contributed by atoms with Gasteiger partial charge in [-0.05, 0) is 12.1 Å². The summed E-state index contributed by atoms with van der Waals surface area (Å²) in [6.07, 6.45) is 7.30. The number of pyridine rings is 1. The summed E-state index contributed by atoms with van der Waals surface area (Å²) in [6.45, 7) is 0. The van der Waals surface area contributed by atoms with Gasteiger partial charge in [-0.15, -0.1) is 10.2 Å². The fourth-order valence-corrected chi connectivity index (χ4v) is 1.45. The molecule has 0 saturated heterocycles. The van der Waals surface area contributed by atoms with Crippen LogP contribution in [0.25, 0.3) is 11.9 Å². The summed E-state index contributed by atoms with van der Waals surface area (Å²) in [4.78, 5) is 4.23. The maximum atomic E-state index is 4.23. The molecule has 4 heteroatoms. The predicted molar refractivity (Wildman–Crippen MR) is 48.2 cm³/mol. The Kier molecular flexibility index (Phi) is 1.14. The van der Waals surface area contributed by atoms with Crippen LogP contribution >= 0.6 is 0 Å². The molecule has 3 heterocycles. The Morgan fingerprint density at radius 2 is 2.23 bits per heavy atom. The predicted octanol–water partition coefficient (Wildman–Crippen LogP) is 0.142. The maximum Gasteiger partial charge on any atom is 0.0989 e. The molecule has 0 bridgehead atoms. The van der Waals surface area contributed by atoms with Crippen LogP contribution in [0.5, 0.6) is 0 Å². The Morgan fingerprint density at radius 1 is 1.23 bits per heavy atom. The average Bonchev–Trinajstić information content (AvgIpc) is 2.44. The van der Waals surface area contributed by atoms with E-state index in [2.05, 4.69) is 20.5 Å². The lowest BCUT2D eigenvalue weighted by atomic mass is 10.2. The fourth-order valence-electron chi connectivity index (χ4n) is 1.45. The Hall–Kier alpha value is -1.97. The van der Waals surface area contributed by atoms with Crippen molar-refractivity contribution in [3.05, 3.63) is 35.1 Å². The molecule has 1 N–H and O–H groups in total. The smallest absolute Gasteiger partial charge is 0.0989 e. The van der Waals surface area contributed by atoms with Gasteiger partial charge in [-0.1, -0.05) is 0 Å². The van der Waals surface area contributed by atoms with Crippen LogP contribution in [0.4, 0.5) is 5.69 Å². The zero-order valence-electron chi connectivity index (χ0n) is 6.73. The summed E-state index contributed by atoms with van der Waals surface area (Å²) in [5.41, 5.74) is 1.77. The number of azo groups is 1. The first-order chi connectivity index (χ1) is 6.45. The fraction of sp³-hybridized carbons (Fsp3) is 0. The lowest BCUT2D eigenvalue weighted by Crippen LogP contribution is -2.29. The zero-order chi connectivity index (χ0) is 8.67. The van der Waals surface area contributed by atoms with Crippen molar-refractivity contribution in [2.24, 2.45) is 10.2 Å². The molecule has 0 amide bonds. The number of hydrogen-bond donors (Lipinski definition) is 1. The number of hydrogen-bond acceptors (Lipinski definition) is 4. The highest BCUT2D eigenvalue weighted by Crippen LogP contribution is 2.14. The summed E-state index contributed by atoms with van der Waals surface area (Å²) in [5.74, 6) is 0. The Labute approximate surface area is 74.0 Å². The first-order valence-corrected chi connectivity index (χ1v) is 3.99. The minimum atomic E-state index is 0.874. The SMILES string of the molecule is C1=CC2=c3c(ccnc3=CN1)N=N2. The van der Waals surface area contributed by atoms with Crippen LogP contribution < -0.4 is 15.9 Å². The molecule has 1 aromatic rings. The molecule has 2 aliphatic rings. The second-order valence-corrected chi connectivity index (χ2v) is 2.82. The van der Waals surface area contributed by atoms with Gasteiger partial charge in [0.15, 0.2) is 0 Å². The van der Waals surface area contributed by atoms with Crippen LogP contribution in [0, 0.1) is 0 Å². The van der Waals surface area contributed by atoms with Crippen LogP contribution in [-0.2, 0) is 0 Å². The monoisotopic (exact) mass is 170 g/mol. The molecule has 0 unspecified atom stereocenters. The summed E-state index contributed by atoms with van der Waals surface area (Å²) >= 11 is 0. The minimum absolute atomic E-state index is 0.874. The molecule has 0 aliphatic carbocycles. The molecule has 0 radical (unpaired) electrons. The molecule has 62 valence electrons. The van der Waals surface area contributed by atoms with Crippen molar-refractivity contribution in [3.63, 3.8) is 0 Å². The molecule has 0 spiro atoms. The molecule has 0 saturated carbocycles. The molecule has 2 aliphatic heterocycles. The van der Waals surface area contributed by atoms with E-state index in [9.17, 15) is 0 Å². The topological polar surface area (TPSA) is 49.6 Å². The molecule has 0 fully saturated rings. The van der Waals surface area contributed by atoms with Crippen LogP contribution in [0.1, 0.15) is 0 Å². The highest BCUT2D eigenvalue weighted by Gasteiger charge is 2.08. The van der Waals surface area contributed by atoms with Gasteiger partial charge >= 0.3 is 0 Å².